The summed E-state index contributed by atoms with van der Waals surface area (Å²) in [6, 6.07) is 0. The number of allylic oxidation sites excluding steroid dienone is 1. The van der Waals surface area contributed by atoms with Crippen LogP contribution in [0.2, 0.25) is 0 Å². The minimum atomic E-state index is -0.156. The highest BCUT2D eigenvalue weighted by Gasteiger charge is 2.59. The zero-order chi connectivity index (χ0) is 16.4. The molecule has 23 heavy (non-hydrogen) atoms. The molecule has 0 saturated heterocycles. The van der Waals surface area contributed by atoms with Crippen LogP contribution in [0.25, 0.3) is 0 Å². The molecule has 0 aromatic heterocycles. The van der Waals surface area contributed by atoms with Gasteiger partial charge in [0.1, 0.15) is 0 Å². The molecular formula is C21H34O2. The van der Waals surface area contributed by atoms with Crippen LogP contribution in [0.5, 0.6) is 0 Å². The molecule has 3 saturated carbocycles. The Morgan fingerprint density at radius 2 is 1.87 bits per heavy atom. The fraction of sp³-hybridized carbons (Fsp3) is 0.905. The summed E-state index contributed by atoms with van der Waals surface area (Å²) in [6.45, 7) is 6.98. The van der Waals surface area contributed by atoms with E-state index in [1.807, 2.05) is 6.92 Å². The van der Waals surface area contributed by atoms with Crippen LogP contribution in [0, 0.1) is 34.5 Å². The third-order valence-corrected chi connectivity index (χ3v) is 8.73. The van der Waals surface area contributed by atoms with Crippen LogP contribution in [0.3, 0.4) is 0 Å². The van der Waals surface area contributed by atoms with Crippen molar-refractivity contribution in [1.82, 2.24) is 0 Å². The van der Waals surface area contributed by atoms with Crippen LogP contribution in [0.4, 0.5) is 0 Å². The fourth-order valence-corrected chi connectivity index (χ4v) is 7.47. The molecule has 2 nitrogen and oxygen atoms in total. The van der Waals surface area contributed by atoms with E-state index in [4.69, 9.17) is 0 Å². The minimum Gasteiger partial charge on any atom is -0.393 e. The van der Waals surface area contributed by atoms with Crippen LogP contribution in [0.1, 0.15) is 72.1 Å². The zero-order valence-corrected chi connectivity index (χ0v) is 15.1. The van der Waals surface area contributed by atoms with E-state index in [1.165, 1.54) is 38.5 Å². The van der Waals surface area contributed by atoms with Gasteiger partial charge in [0.2, 0.25) is 0 Å². The van der Waals surface area contributed by atoms with Gasteiger partial charge in [-0.25, -0.2) is 0 Å². The van der Waals surface area contributed by atoms with Crippen molar-refractivity contribution in [2.45, 2.75) is 84.3 Å². The topological polar surface area (TPSA) is 40.5 Å². The number of hydrogen-bond acceptors (Lipinski definition) is 2. The standard InChI is InChI=1S/C21H34O2/c1-13(22)17-6-7-18-16-5-4-14-12-15(23)8-10-20(14,2)19(16)9-11-21(17,18)3/h4,13,15-19,22-23H,5-12H2,1-3H3/t13?,15-,16-,17+,18-,19-,20-,21+/m0/s1. The van der Waals surface area contributed by atoms with E-state index in [0.29, 0.717) is 16.7 Å². The molecule has 0 spiro atoms. The largest absolute Gasteiger partial charge is 0.393 e. The molecule has 0 heterocycles. The van der Waals surface area contributed by atoms with E-state index in [0.717, 1.165) is 30.6 Å². The van der Waals surface area contributed by atoms with E-state index in [1.54, 1.807) is 5.57 Å². The lowest BCUT2D eigenvalue weighted by Crippen LogP contribution is -2.51. The lowest BCUT2D eigenvalue weighted by atomic mass is 9.47. The molecule has 130 valence electrons. The molecule has 4 rings (SSSR count). The van der Waals surface area contributed by atoms with Crippen LogP contribution in [0.15, 0.2) is 11.6 Å². The van der Waals surface area contributed by atoms with Crippen LogP contribution in [-0.2, 0) is 0 Å². The maximum atomic E-state index is 10.3. The lowest BCUT2D eigenvalue weighted by molar-refractivity contribution is -0.0675. The van der Waals surface area contributed by atoms with Gasteiger partial charge in [0.25, 0.3) is 0 Å². The second-order valence-corrected chi connectivity index (χ2v) is 9.62. The maximum absolute atomic E-state index is 10.3. The number of aliphatic hydroxyl groups is 2. The smallest absolute Gasteiger partial charge is 0.0577 e. The number of hydrogen-bond donors (Lipinski definition) is 2. The van der Waals surface area contributed by atoms with Crippen molar-refractivity contribution in [2.24, 2.45) is 34.5 Å². The third kappa shape index (κ3) is 2.20. The van der Waals surface area contributed by atoms with Crippen molar-refractivity contribution in [3.63, 3.8) is 0 Å². The highest BCUT2D eigenvalue weighted by Crippen LogP contribution is 2.66. The summed E-state index contributed by atoms with van der Waals surface area (Å²) in [5.74, 6) is 2.91. The van der Waals surface area contributed by atoms with Gasteiger partial charge in [-0.1, -0.05) is 25.5 Å². The van der Waals surface area contributed by atoms with E-state index in [9.17, 15) is 10.2 Å². The average Bonchev–Trinajstić information content (AvgIpc) is 2.85. The Kier molecular flexibility index (Phi) is 3.74. The summed E-state index contributed by atoms with van der Waals surface area (Å²) >= 11 is 0. The van der Waals surface area contributed by atoms with Crippen molar-refractivity contribution in [3.05, 3.63) is 11.6 Å². The fourth-order valence-electron chi connectivity index (χ4n) is 7.47. The molecule has 8 atom stereocenters. The molecule has 4 aliphatic rings. The SMILES string of the molecule is CC(O)[C@H]1CC[C@H]2[C@@H]3CC=C4C[C@@H](O)CC[C@]4(C)[C@H]3CC[C@]12C. The number of rotatable bonds is 1. The Morgan fingerprint density at radius 1 is 1.09 bits per heavy atom. The summed E-state index contributed by atoms with van der Waals surface area (Å²) in [5, 5.41) is 20.4. The predicted molar refractivity (Wildman–Crippen MR) is 92.9 cm³/mol. The summed E-state index contributed by atoms with van der Waals surface area (Å²) in [6.07, 6.45) is 11.7. The van der Waals surface area contributed by atoms with Crippen LogP contribution in [-0.4, -0.2) is 22.4 Å². The first-order valence-corrected chi connectivity index (χ1v) is 9.92. The van der Waals surface area contributed by atoms with Gasteiger partial charge in [-0.2, -0.15) is 0 Å². The van der Waals surface area contributed by atoms with Gasteiger partial charge in [-0.05, 0) is 92.8 Å². The summed E-state index contributed by atoms with van der Waals surface area (Å²) < 4.78 is 0. The summed E-state index contributed by atoms with van der Waals surface area (Å²) in [7, 11) is 0. The first-order valence-electron chi connectivity index (χ1n) is 9.92. The van der Waals surface area contributed by atoms with Crippen molar-refractivity contribution in [3.8, 4) is 0 Å². The second kappa shape index (κ2) is 5.33. The maximum Gasteiger partial charge on any atom is 0.0577 e. The average molecular weight is 319 g/mol. The van der Waals surface area contributed by atoms with E-state index in [2.05, 4.69) is 19.9 Å². The Balaban J connectivity index is 1.65. The Hall–Kier alpha value is -0.340. The van der Waals surface area contributed by atoms with Crippen molar-refractivity contribution >= 4 is 0 Å². The van der Waals surface area contributed by atoms with Gasteiger partial charge < -0.3 is 10.2 Å². The zero-order valence-electron chi connectivity index (χ0n) is 15.1. The molecule has 0 bridgehead atoms. The number of fused-ring (bicyclic) bond motifs is 5. The molecule has 2 heteroatoms. The normalized spacial score (nSPS) is 53.8. The van der Waals surface area contributed by atoms with E-state index < -0.39 is 0 Å². The number of aliphatic hydroxyl groups excluding tert-OH is 2. The molecule has 0 aliphatic heterocycles. The Labute approximate surface area is 141 Å². The molecule has 1 unspecified atom stereocenters. The predicted octanol–water partition coefficient (Wildman–Crippen LogP) is 4.31. The van der Waals surface area contributed by atoms with E-state index in [-0.39, 0.29) is 12.2 Å². The Bertz CT molecular complexity index is 510. The second-order valence-electron chi connectivity index (χ2n) is 9.62. The quantitative estimate of drug-likeness (QED) is 0.707. The van der Waals surface area contributed by atoms with Gasteiger partial charge in [0, 0.05) is 0 Å². The minimum absolute atomic E-state index is 0.106. The third-order valence-electron chi connectivity index (χ3n) is 8.73. The van der Waals surface area contributed by atoms with Crippen LogP contribution < -0.4 is 0 Å². The lowest BCUT2D eigenvalue weighted by Gasteiger charge is -2.58. The molecule has 0 radical (unpaired) electrons. The monoisotopic (exact) mass is 318 g/mol. The molecule has 0 aromatic carbocycles. The first kappa shape index (κ1) is 16.1. The molecule has 3 fully saturated rings. The van der Waals surface area contributed by atoms with Crippen molar-refractivity contribution in [1.29, 1.82) is 0 Å². The Morgan fingerprint density at radius 3 is 2.61 bits per heavy atom. The van der Waals surface area contributed by atoms with Gasteiger partial charge in [-0.15, -0.1) is 0 Å². The first-order chi connectivity index (χ1) is 10.9. The molecule has 0 aromatic rings. The molecular weight excluding hydrogens is 284 g/mol. The van der Waals surface area contributed by atoms with Crippen LogP contribution >= 0.6 is 0 Å². The van der Waals surface area contributed by atoms with Gasteiger partial charge in [-0.3, -0.25) is 0 Å². The molecule has 0 amide bonds. The highest BCUT2D eigenvalue weighted by molar-refractivity contribution is 5.25. The summed E-state index contributed by atoms with van der Waals surface area (Å²) in [5.41, 5.74) is 2.25. The van der Waals surface area contributed by atoms with E-state index >= 15 is 0 Å². The summed E-state index contributed by atoms with van der Waals surface area (Å²) in [4.78, 5) is 0. The van der Waals surface area contributed by atoms with Crippen molar-refractivity contribution in [2.75, 3.05) is 0 Å². The van der Waals surface area contributed by atoms with Gasteiger partial charge in [0.05, 0.1) is 12.2 Å². The highest BCUT2D eigenvalue weighted by atomic mass is 16.3. The van der Waals surface area contributed by atoms with Crippen molar-refractivity contribution < 1.29 is 10.2 Å². The molecule has 4 aliphatic carbocycles. The van der Waals surface area contributed by atoms with Gasteiger partial charge in [0.15, 0.2) is 0 Å². The van der Waals surface area contributed by atoms with Gasteiger partial charge >= 0.3 is 0 Å². The molecule has 2 N–H and O–H groups in total.